The summed E-state index contributed by atoms with van der Waals surface area (Å²) in [5, 5.41) is 14.8. The van der Waals surface area contributed by atoms with Crippen LogP contribution in [0, 0.1) is 0 Å². The van der Waals surface area contributed by atoms with Crippen LogP contribution >= 0.6 is 0 Å². The third-order valence-corrected chi connectivity index (χ3v) is 7.61. The zero-order valence-corrected chi connectivity index (χ0v) is 21.0. The summed E-state index contributed by atoms with van der Waals surface area (Å²) in [5.74, 6) is -0.598. The summed E-state index contributed by atoms with van der Waals surface area (Å²) >= 11 is 0. The average Bonchev–Trinajstić information content (AvgIpc) is 2.85. The lowest BCUT2D eigenvalue weighted by Gasteiger charge is -2.26. The van der Waals surface area contributed by atoms with E-state index in [0.717, 1.165) is 61.3 Å². The maximum Gasteiger partial charge on any atom is 0.338 e. The van der Waals surface area contributed by atoms with Gasteiger partial charge in [-0.1, -0.05) is 32.8 Å². The molecule has 1 heterocycles. The highest BCUT2D eigenvalue weighted by molar-refractivity contribution is 7.89. The molecule has 186 valence electrons. The summed E-state index contributed by atoms with van der Waals surface area (Å²) < 4.78 is 33.0. The first-order chi connectivity index (χ1) is 16.8. The fourth-order valence-corrected chi connectivity index (χ4v) is 4.98. The summed E-state index contributed by atoms with van der Waals surface area (Å²) in [5.41, 5.74) is 1.82. The van der Waals surface area contributed by atoms with E-state index in [4.69, 9.17) is 4.74 Å². The normalized spacial score (nSPS) is 12.4. The van der Waals surface area contributed by atoms with Gasteiger partial charge in [-0.3, -0.25) is 0 Å². The SMILES string of the molecule is CCCCN(CCCC)c1ccc2cc3c(cc2c1)Oc1cc(S(=O)(=O)NC)cc(C(=O)O)c1N3. The van der Waals surface area contributed by atoms with Crippen molar-refractivity contribution in [3.8, 4) is 11.5 Å². The molecule has 0 unspecified atom stereocenters. The van der Waals surface area contributed by atoms with Gasteiger partial charge in [0.15, 0.2) is 11.5 Å². The van der Waals surface area contributed by atoms with Gasteiger partial charge in [-0.05, 0) is 61.0 Å². The molecule has 3 aromatic carbocycles. The largest absolute Gasteiger partial charge is 0.478 e. The van der Waals surface area contributed by atoms with Gasteiger partial charge in [-0.2, -0.15) is 0 Å². The number of carbonyl (C=O) groups is 1. The van der Waals surface area contributed by atoms with Crippen molar-refractivity contribution in [3.05, 3.63) is 48.0 Å². The molecule has 4 rings (SSSR count). The predicted octanol–water partition coefficient (Wildman–Crippen LogP) is 5.70. The number of carboxylic acid groups (broad SMARTS) is 1. The van der Waals surface area contributed by atoms with E-state index >= 15 is 0 Å². The zero-order chi connectivity index (χ0) is 25.2. The number of ether oxygens (including phenoxy) is 1. The molecule has 35 heavy (non-hydrogen) atoms. The number of unbranched alkanes of at least 4 members (excludes halogenated alkanes) is 2. The maximum atomic E-state index is 12.3. The molecule has 3 aromatic rings. The predicted molar refractivity (Wildman–Crippen MR) is 139 cm³/mol. The van der Waals surface area contributed by atoms with Crippen LogP contribution < -0.4 is 19.7 Å². The first kappa shape index (κ1) is 24.8. The Morgan fingerprint density at radius 2 is 1.71 bits per heavy atom. The fraction of sp³-hybridized carbons (Fsp3) is 0.346. The van der Waals surface area contributed by atoms with Gasteiger partial charge in [-0.25, -0.2) is 17.9 Å². The zero-order valence-electron chi connectivity index (χ0n) is 20.2. The summed E-state index contributed by atoms with van der Waals surface area (Å²) in [4.78, 5) is 14.1. The van der Waals surface area contributed by atoms with Crippen LogP contribution in [-0.4, -0.2) is 39.6 Å². The van der Waals surface area contributed by atoms with Crippen molar-refractivity contribution in [2.45, 2.75) is 44.4 Å². The number of sulfonamides is 1. The molecule has 9 heteroatoms. The Morgan fingerprint density at radius 1 is 1.00 bits per heavy atom. The van der Waals surface area contributed by atoms with Crippen LogP contribution in [0.15, 0.2) is 47.4 Å². The van der Waals surface area contributed by atoms with Crippen LogP contribution in [0.25, 0.3) is 10.8 Å². The number of hydrogen-bond donors (Lipinski definition) is 3. The molecule has 0 aliphatic carbocycles. The van der Waals surface area contributed by atoms with Crippen molar-refractivity contribution in [1.29, 1.82) is 0 Å². The average molecular weight is 498 g/mol. The standard InChI is InChI=1S/C26H31N3O5S/c1-4-6-10-29(11-7-5-2)19-9-8-17-13-22-23(14-18(17)12-19)34-24-16-20(35(32,33)27-3)15-21(26(30)31)25(24)28-22/h8-9,12-16,27-28H,4-7,10-11H2,1-3H3,(H,30,31). The molecule has 0 bridgehead atoms. The number of anilines is 3. The number of fused-ring (bicyclic) bond motifs is 3. The number of carboxylic acids is 1. The van der Waals surface area contributed by atoms with Crippen molar-refractivity contribution in [1.82, 2.24) is 4.72 Å². The van der Waals surface area contributed by atoms with Gasteiger partial charge in [0.25, 0.3) is 0 Å². The van der Waals surface area contributed by atoms with Crippen LogP contribution in [0.2, 0.25) is 0 Å². The third-order valence-electron chi connectivity index (χ3n) is 6.22. The van der Waals surface area contributed by atoms with Gasteiger partial charge < -0.3 is 20.1 Å². The van der Waals surface area contributed by atoms with Crippen molar-refractivity contribution in [2.24, 2.45) is 0 Å². The Hall–Kier alpha value is -3.30. The van der Waals surface area contributed by atoms with Gasteiger partial charge in [0, 0.05) is 24.8 Å². The summed E-state index contributed by atoms with van der Waals surface area (Å²) in [7, 11) is -2.58. The topological polar surface area (TPSA) is 108 Å². The highest BCUT2D eigenvalue weighted by Crippen LogP contribution is 2.46. The molecule has 1 aliphatic rings. The van der Waals surface area contributed by atoms with Crippen LogP contribution in [0.3, 0.4) is 0 Å². The maximum absolute atomic E-state index is 12.3. The van der Waals surface area contributed by atoms with E-state index in [1.807, 2.05) is 12.1 Å². The van der Waals surface area contributed by atoms with Crippen LogP contribution in [0.1, 0.15) is 49.9 Å². The van der Waals surface area contributed by atoms with Crippen molar-refractivity contribution in [2.75, 3.05) is 30.4 Å². The third kappa shape index (κ3) is 5.06. The molecule has 0 aromatic heterocycles. The smallest absolute Gasteiger partial charge is 0.338 e. The number of hydrogen-bond acceptors (Lipinski definition) is 6. The second-order valence-corrected chi connectivity index (χ2v) is 10.5. The molecule has 3 N–H and O–H groups in total. The van der Waals surface area contributed by atoms with Crippen molar-refractivity contribution in [3.63, 3.8) is 0 Å². The Kier molecular flexibility index (Phi) is 7.18. The molecule has 0 radical (unpaired) electrons. The Bertz CT molecular complexity index is 1360. The fourth-order valence-electron chi connectivity index (χ4n) is 4.21. The van der Waals surface area contributed by atoms with Crippen LogP contribution in [-0.2, 0) is 10.0 Å². The minimum absolute atomic E-state index is 0.147. The van der Waals surface area contributed by atoms with E-state index < -0.39 is 16.0 Å². The number of benzene rings is 3. The molecule has 0 saturated heterocycles. The summed E-state index contributed by atoms with van der Waals surface area (Å²) in [6, 6.07) is 12.6. The van der Waals surface area contributed by atoms with E-state index in [-0.39, 0.29) is 21.9 Å². The van der Waals surface area contributed by atoms with E-state index in [9.17, 15) is 18.3 Å². The quantitative estimate of drug-likeness (QED) is 0.258. The molecule has 0 atom stereocenters. The highest BCUT2D eigenvalue weighted by atomic mass is 32.2. The Labute approximate surface area is 206 Å². The Balaban J connectivity index is 1.75. The second kappa shape index (κ2) is 10.1. The minimum Gasteiger partial charge on any atom is -0.478 e. The van der Waals surface area contributed by atoms with E-state index in [0.29, 0.717) is 11.4 Å². The Morgan fingerprint density at radius 3 is 2.34 bits per heavy atom. The van der Waals surface area contributed by atoms with E-state index in [1.54, 1.807) is 0 Å². The lowest BCUT2D eigenvalue weighted by atomic mass is 10.0. The lowest BCUT2D eigenvalue weighted by Crippen LogP contribution is -2.25. The molecule has 8 nitrogen and oxygen atoms in total. The highest BCUT2D eigenvalue weighted by Gasteiger charge is 2.27. The van der Waals surface area contributed by atoms with Crippen LogP contribution in [0.4, 0.5) is 17.1 Å². The van der Waals surface area contributed by atoms with Gasteiger partial charge >= 0.3 is 5.97 Å². The van der Waals surface area contributed by atoms with Crippen LogP contribution in [0.5, 0.6) is 11.5 Å². The molecule has 0 fully saturated rings. The van der Waals surface area contributed by atoms with Gasteiger partial charge in [0.05, 0.1) is 21.8 Å². The second-order valence-electron chi connectivity index (χ2n) is 8.66. The van der Waals surface area contributed by atoms with Gasteiger partial charge in [0.2, 0.25) is 10.0 Å². The van der Waals surface area contributed by atoms with Crippen molar-refractivity contribution < 1.29 is 23.1 Å². The number of nitrogens with zero attached hydrogens (tertiary/aromatic N) is 1. The summed E-state index contributed by atoms with van der Waals surface area (Å²) in [6.45, 7) is 6.38. The number of nitrogens with one attached hydrogen (secondary N) is 2. The molecular weight excluding hydrogens is 466 g/mol. The van der Waals surface area contributed by atoms with Crippen molar-refractivity contribution >= 4 is 43.8 Å². The minimum atomic E-state index is -3.86. The van der Waals surface area contributed by atoms with Gasteiger partial charge in [-0.15, -0.1) is 0 Å². The monoisotopic (exact) mass is 497 g/mol. The molecular formula is C26H31N3O5S. The number of aromatic carboxylic acids is 1. The summed E-state index contributed by atoms with van der Waals surface area (Å²) in [6.07, 6.45) is 4.51. The van der Waals surface area contributed by atoms with Gasteiger partial charge in [0.1, 0.15) is 0 Å². The lowest BCUT2D eigenvalue weighted by molar-refractivity contribution is 0.0697. The molecule has 0 amide bonds. The first-order valence-electron chi connectivity index (χ1n) is 11.9. The van der Waals surface area contributed by atoms with E-state index in [1.165, 1.54) is 13.1 Å². The van der Waals surface area contributed by atoms with E-state index in [2.05, 4.69) is 47.0 Å². The first-order valence-corrected chi connectivity index (χ1v) is 13.4. The molecule has 0 saturated carbocycles. The molecule has 1 aliphatic heterocycles. The number of rotatable bonds is 10. The molecule has 0 spiro atoms.